The molecule has 0 aliphatic heterocycles. The van der Waals surface area contributed by atoms with E-state index in [1.54, 1.807) is 6.07 Å². The molecule has 1 heterocycles. The Kier molecular flexibility index (Phi) is 3.25. The zero-order chi connectivity index (χ0) is 9.84. The second kappa shape index (κ2) is 4.23. The highest BCUT2D eigenvalue weighted by Gasteiger charge is 2.07. The van der Waals surface area contributed by atoms with Crippen LogP contribution >= 0.6 is 11.6 Å². The van der Waals surface area contributed by atoms with Gasteiger partial charge in [0.2, 0.25) is 0 Å². The molecular formula is C9H10ClNO2. The lowest BCUT2D eigenvalue weighted by atomic mass is 10.2. The number of carbonyl (C=O) groups is 1. The lowest BCUT2D eigenvalue weighted by molar-refractivity contribution is -0.139. The third-order valence-electron chi connectivity index (χ3n) is 1.63. The molecule has 0 saturated heterocycles. The van der Waals surface area contributed by atoms with E-state index >= 15 is 0 Å². The minimum atomic E-state index is -0.312. The Hall–Kier alpha value is -1.09. The molecule has 1 aromatic rings. The topological polar surface area (TPSA) is 39.2 Å². The Bertz CT molecular complexity index is 325. The number of rotatable bonds is 2. The first-order valence-corrected chi connectivity index (χ1v) is 4.20. The van der Waals surface area contributed by atoms with E-state index < -0.39 is 0 Å². The third kappa shape index (κ3) is 2.70. The van der Waals surface area contributed by atoms with Crippen molar-refractivity contribution in [1.29, 1.82) is 0 Å². The fraction of sp³-hybridized carbons (Fsp3) is 0.333. The number of methoxy groups -OCH3 is 1. The highest BCUT2D eigenvalue weighted by Crippen LogP contribution is 2.14. The quantitative estimate of drug-likeness (QED) is 0.538. The summed E-state index contributed by atoms with van der Waals surface area (Å²) >= 11 is 5.81. The molecule has 13 heavy (non-hydrogen) atoms. The van der Waals surface area contributed by atoms with E-state index in [1.165, 1.54) is 7.11 Å². The SMILES string of the molecule is COC(=O)Cc1ccc(C)nc1Cl. The number of aryl methyl sites for hydroxylation is 1. The maximum absolute atomic E-state index is 10.9. The Morgan fingerprint density at radius 2 is 2.31 bits per heavy atom. The van der Waals surface area contributed by atoms with Crippen LogP contribution in [0.1, 0.15) is 11.3 Å². The van der Waals surface area contributed by atoms with Gasteiger partial charge in [-0.15, -0.1) is 0 Å². The maximum Gasteiger partial charge on any atom is 0.310 e. The number of aromatic nitrogens is 1. The fourth-order valence-electron chi connectivity index (χ4n) is 0.913. The molecule has 0 fully saturated rings. The molecule has 0 unspecified atom stereocenters. The summed E-state index contributed by atoms with van der Waals surface area (Å²) in [6.07, 6.45) is 0.169. The lowest BCUT2D eigenvalue weighted by Gasteiger charge is -2.02. The monoisotopic (exact) mass is 199 g/mol. The van der Waals surface area contributed by atoms with Gasteiger partial charge in [0.15, 0.2) is 0 Å². The van der Waals surface area contributed by atoms with E-state index in [9.17, 15) is 4.79 Å². The van der Waals surface area contributed by atoms with Crippen LogP contribution in [-0.4, -0.2) is 18.1 Å². The van der Waals surface area contributed by atoms with Gasteiger partial charge in [0.25, 0.3) is 0 Å². The number of esters is 1. The molecule has 4 heteroatoms. The Balaban J connectivity index is 2.83. The molecule has 0 aromatic carbocycles. The van der Waals surface area contributed by atoms with Gasteiger partial charge >= 0.3 is 5.97 Å². The molecule has 0 aliphatic carbocycles. The molecule has 0 atom stereocenters. The fourth-order valence-corrected chi connectivity index (χ4v) is 1.18. The van der Waals surface area contributed by atoms with Crippen LogP contribution < -0.4 is 0 Å². The normalized spacial score (nSPS) is 9.77. The molecule has 0 amide bonds. The lowest BCUT2D eigenvalue weighted by Crippen LogP contribution is -2.05. The van der Waals surface area contributed by atoms with Crippen LogP contribution in [0.25, 0.3) is 0 Å². The average Bonchev–Trinajstić information content (AvgIpc) is 2.09. The van der Waals surface area contributed by atoms with Gasteiger partial charge in [0.05, 0.1) is 13.5 Å². The molecule has 3 nitrogen and oxygen atoms in total. The molecule has 0 N–H and O–H groups in total. The van der Waals surface area contributed by atoms with E-state index in [1.807, 2.05) is 13.0 Å². The first-order chi connectivity index (χ1) is 6.13. The standard InChI is InChI=1S/C9H10ClNO2/c1-6-3-4-7(9(10)11-6)5-8(12)13-2/h3-4H,5H2,1-2H3. The highest BCUT2D eigenvalue weighted by atomic mass is 35.5. The van der Waals surface area contributed by atoms with E-state index in [0.717, 1.165) is 5.69 Å². The van der Waals surface area contributed by atoms with Gasteiger partial charge in [-0.25, -0.2) is 4.98 Å². The molecule has 0 aliphatic rings. The van der Waals surface area contributed by atoms with Crippen LogP contribution in [0.3, 0.4) is 0 Å². The van der Waals surface area contributed by atoms with Gasteiger partial charge in [-0.2, -0.15) is 0 Å². The van der Waals surface area contributed by atoms with Gasteiger partial charge in [-0.05, 0) is 13.0 Å². The van der Waals surface area contributed by atoms with Gasteiger partial charge in [-0.3, -0.25) is 4.79 Å². The molecule has 70 valence electrons. The van der Waals surface area contributed by atoms with Gasteiger partial charge in [0, 0.05) is 11.3 Å². The van der Waals surface area contributed by atoms with Crippen molar-refractivity contribution in [1.82, 2.24) is 4.98 Å². The van der Waals surface area contributed by atoms with Crippen LogP contribution in [0, 0.1) is 6.92 Å². The molecule has 0 bridgehead atoms. The summed E-state index contributed by atoms with van der Waals surface area (Å²) in [6.45, 7) is 1.84. The number of carbonyl (C=O) groups excluding carboxylic acids is 1. The minimum Gasteiger partial charge on any atom is -0.469 e. The van der Waals surface area contributed by atoms with Crippen molar-refractivity contribution >= 4 is 17.6 Å². The van der Waals surface area contributed by atoms with Crippen LogP contribution in [0.5, 0.6) is 0 Å². The number of hydrogen-bond acceptors (Lipinski definition) is 3. The Labute approximate surface area is 81.7 Å². The minimum absolute atomic E-state index is 0.169. The largest absolute Gasteiger partial charge is 0.469 e. The molecule has 1 rings (SSSR count). The Morgan fingerprint density at radius 1 is 1.62 bits per heavy atom. The van der Waals surface area contributed by atoms with E-state index in [-0.39, 0.29) is 12.4 Å². The summed E-state index contributed by atoms with van der Waals surface area (Å²) in [5, 5.41) is 0.366. The summed E-state index contributed by atoms with van der Waals surface area (Å²) < 4.78 is 4.51. The smallest absolute Gasteiger partial charge is 0.310 e. The summed E-state index contributed by atoms with van der Waals surface area (Å²) in [7, 11) is 1.35. The van der Waals surface area contributed by atoms with Crippen LogP contribution in [0.4, 0.5) is 0 Å². The van der Waals surface area contributed by atoms with Crippen LogP contribution in [0.15, 0.2) is 12.1 Å². The molecule has 1 aromatic heterocycles. The van der Waals surface area contributed by atoms with Crippen LogP contribution in [0.2, 0.25) is 5.15 Å². The second-order valence-corrected chi connectivity index (χ2v) is 3.01. The summed E-state index contributed by atoms with van der Waals surface area (Å²) in [5.74, 6) is -0.312. The van der Waals surface area contributed by atoms with Crippen molar-refractivity contribution in [3.8, 4) is 0 Å². The first kappa shape index (κ1) is 9.99. The predicted octanol–water partition coefficient (Wildman–Crippen LogP) is 1.76. The van der Waals surface area contributed by atoms with E-state index in [4.69, 9.17) is 11.6 Å². The molecule has 0 saturated carbocycles. The van der Waals surface area contributed by atoms with E-state index in [0.29, 0.717) is 10.7 Å². The third-order valence-corrected chi connectivity index (χ3v) is 1.95. The zero-order valence-electron chi connectivity index (χ0n) is 7.50. The van der Waals surface area contributed by atoms with Gasteiger partial charge in [-0.1, -0.05) is 17.7 Å². The first-order valence-electron chi connectivity index (χ1n) is 3.82. The zero-order valence-corrected chi connectivity index (χ0v) is 8.26. The maximum atomic E-state index is 10.9. The summed E-state index contributed by atoms with van der Waals surface area (Å²) in [6, 6.07) is 3.59. The van der Waals surface area contributed by atoms with Crippen molar-refractivity contribution in [2.75, 3.05) is 7.11 Å². The number of ether oxygens (including phenoxy) is 1. The van der Waals surface area contributed by atoms with Crippen molar-refractivity contribution in [2.45, 2.75) is 13.3 Å². The summed E-state index contributed by atoms with van der Waals surface area (Å²) in [5.41, 5.74) is 1.53. The van der Waals surface area contributed by atoms with Gasteiger partial charge in [0.1, 0.15) is 5.15 Å². The van der Waals surface area contributed by atoms with Gasteiger partial charge < -0.3 is 4.74 Å². The molecular weight excluding hydrogens is 190 g/mol. The predicted molar refractivity (Wildman–Crippen MR) is 49.7 cm³/mol. The van der Waals surface area contributed by atoms with Crippen molar-refractivity contribution < 1.29 is 9.53 Å². The van der Waals surface area contributed by atoms with E-state index in [2.05, 4.69) is 9.72 Å². The van der Waals surface area contributed by atoms with Crippen molar-refractivity contribution in [2.24, 2.45) is 0 Å². The molecule has 0 radical (unpaired) electrons. The van der Waals surface area contributed by atoms with Crippen LogP contribution in [-0.2, 0) is 16.0 Å². The number of hydrogen-bond donors (Lipinski definition) is 0. The number of pyridine rings is 1. The summed E-state index contributed by atoms with van der Waals surface area (Å²) in [4.78, 5) is 14.9. The van der Waals surface area contributed by atoms with Crippen molar-refractivity contribution in [3.63, 3.8) is 0 Å². The number of nitrogens with zero attached hydrogens (tertiary/aromatic N) is 1. The molecule has 0 spiro atoms. The van der Waals surface area contributed by atoms with Crippen molar-refractivity contribution in [3.05, 3.63) is 28.5 Å². The average molecular weight is 200 g/mol. The Morgan fingerprint density at radius 3 is 2.85 bits per heavy atom. The number of halogens is 1. The highest BCUT2D eigenvalue weighted by molar-refractivity contribution is 6.30. The second-order valence-electron chi connectivity index (χ2n) is 2.66.